The number of hydrogen-bond acceptors (Lipinski definition) is 5. The number of nitrogens with one attached hydrogen (secondary N) is 1. The molecule has 1 aliphatic rings. The fourth-order valence-electron chi connectivity index (χ4n) is 3.67. The van der Waals surface area contributed by atoms with Gasteiger partial charge in [-0.2, -0.15) is 0 Å². The van der Waals surface area contributed by atoms with E-state index in [9.17, 15) is 4.79 Å². The van der Waals surface area contributed by atoms with E-state index in [2.05, 4.69) is 22.2 Å². The van der Waals surface area contributed by atoms with E-state index in [0.29, 0.717) is 29.5 Å². The second-order valence-corrected chi connectivity index (χ2v) is 8.51. The van der Waals surface area contributed by atoms with Gasteiger partial charge >= 0.3 is 0 Å². The summed E-state index contributed by atoms with van der Waals surface area (Å²) in [5, 5.41) is 3.79. The lowest BCUT2D eigenvalue weighted by atomic mass is 9.88. The van der Waals surface area contributed by atoms with Crippen molar-refractivity contribution >= 4 is 34.1 Å². The van der Waals surface area contributed by atoms with Crippen molar-refractivity contribution in [3.05, 3.63) is 70.4 Å². The van der Waals surface area contributed by atoms with Gasteiger partial charge in [-0.25, -0.2) is 4.99 Å². The molecule has 0 bridgehead atoms. The zero-order valence-corrected chi connectivity index (χ0v) is 18.0. The highest BCUT2D eigenvalue weighted by Crippen LogP contribution is 2.41. The number of aliphatic imine (C=N–C) groups is 1. The van der Waals surface area contributed by atoms with Gasteiger partial charge in [0.15, 0.2) is 0 Å². The number of carbonyl (C=O) groups excluding carboxylic acids is 1. The normalized spacial score (nSPS) is 15.7. The molecule has 0 saturated heterocycles. The Morgan fingerprint density at radius 1 is 1.30 bits per heavy atom. The van der Waals surface area contributed by atoms with Gasteiger partial charge in [0.25, 0.3) is 5.91 Å². The number of anilines is 1. The van der Waals surface area contributed by atoms with Crippen molar-refractivity contribution in [2.45, 2.75) is 33.1 Å². The molecule has 30 heavy (non-hydrogen) atoms. The van der Waals surface area contributed by atoms with E-state index in [-0.39, 0.29) is 5.91 Å². The number of aromatic nitrogens is 1. The second-order valence-electron chi connectivity index (χ2n) is 7.43. The van der Waals surface area contributed by atoms with Gasteiger partial charge in [-0.15, -0.1) is 11.3 Å². The topological polar surface area (TPSA) is 63.6 Å². The molecule has 5 nitrogen and oxygen atoms in total. The molecule has 2 aromatic heterocycles. The molecule has 3 aromatic rings. The van der Waals surface area contributed by atoms with Crippen molar-refractivity contribution in [1.29, 1.82) is 0 Å². The minimum atomic E-state index is -0.137. The molecular weight excluding hydrogens is 394 g/mol. The first-order valence-electron chi connectivity index (χ1n) is 10.3. The first-order valence-corrected chi connectivity index (χ1v) is 11.1. The number of pyridine rings is 1. The van der Waals surface area contributed by atoms with Crippen LogP contribution in [0.5, 0.6) is 5.75 Å². The largest absolute Gasteiger partial charge is 0.492 e. The maximum Gasteiger partial charge on any atom is 0.259 e. The summed E-state index contributed by atoms with van der Waals surface area (Å²) in [6.07, 6.45) is 6.45. The molecular formula is C24H25N3O2S. The van der Waals surface area contributed by atoms with E-state index in [1.807, 2.05) is 49.4 Å². The Hall–Kier alpha value is -2.99. The Morgan fingerprint density at radius 2 is 2.13 bits per heavy atom. The Balaban J connectivity index is 1.69. The second kappa shape index (κ2) is 9.22. The van der Waals surface area contributed by atoms with Crippen molar-refractivity contribution < 1.29 is 9.53 Å². The zero-order chi connectivity index (χ0) is 20.9. The van der Waals surface area contributed by atoms with Crippen LogP contribution < -0.4 is 10.1 Å². The maximum absolute atomic E-state index is 13.4. The predicted molar refractivity (Wildman–Crippen MR) is 123 cm³/mol. The van der Waals surface area contributed by atoms with Gasteiger partial charge < -0.3 is 10.1 Å². The molecule has 2 heterocycles. The fourth-order valence-corrected chi connectivity index (χ4v) is 5.03. The van der Waals surface area contributed by atoms with Crippen LogP contribution >= 0.6 is 11.3 Å². The molecule has 0 fully saturated rings. The van der Waals surface area contributed by atoms with E-state index in [1.54, 1.807) is 23.7 Å². The fraction of sp³-hybridized carbons (Fsp3) is 0.292. The molecule has 0 unspecified atom stereocenters. The Bertz CT molecular complexity index is 1060. The SMILES string of the molecule is CCOc1ccccc1NC(=O)c1c(N=Cc2ccccn2)sc2c1CC[C@H](C)C2. The first-order chi connectivity index (χ1) is 14.7. The third-order valence-electron chi connectivity index (χ3n) is 5.16. The lowest BCUT2D eigenvalue weighted by Crippen LogP contribution is -2.17. The van der Waals surface area contributed by atoms with Gasteiger partial charge in [-0.3, -0.25) is 9.78 Å². The predicted octanol–water partition coefficient (Wildman–Crippen LogP) is 5.67. The summed E-state index contributed by atoms with van der Waals surface area (Å²) in [4.78, 5) is 23.6. The van der Waals surface area contributed by atoms with E-state index < -0.39 is 0 Å². The highest BCUT2D eigenvalue weighted by atomic mass is 32.1. The number of hydrogen-bond donors (Lipinski definition) is 1. The number of benzene rings is 1. The summed E-state index contributed by atoms with van der Waals surface area (Å²) < 4.78 is 5.67. The number of para-hydroxylation sites is 2. The van der Waals surface area contributed by atoms with E-state index in [1.165, 1.54) is 4.88 Å². The molecule has 0 radical (unpaired) electrons. The number of rotatable bonds is 6. The Morgan fingerprint density at radius 3 is 2.93 bits per heavy atom. The summed E-state index contributed by atoms with van der Waals surface area (Å²) in [7, 11) is 0. The van der Waals surface area contributed by atoms with Crippen LogP contribution in [-0.4, -0.2) is 23.7 Å². The summed E-state index contributed by atoms with van der Waals surface area (Å²) in [6, 6.07) is 13.2. The summed E-state index contributed by atoms with van der Waals surface area (Å²) in [5.74, 6) is 1.16. The number of amides is 1. The van der Waals surface area contributed by atoms with Crippen molar-refractivity contribution in [3.8, 4) is 5.75 Å². The molecule has 1 aromatic carbocycles. The van der Waals surface area contributed by atoms with E-state index in [0.717, 1.165) is 35.5 Å². The van der Waals surface area contributed by atoms with Crippen LogP contribution in [0.25, 0.3) is 0 Å². The molecule has 1 amide bonds. The van der Waals surface area contributed by atoms with Crippen molar-refractivity contribution in [2.24, 2.45) is 10.9 Å². The summed E-state index contributed by atoms with van der Waals surface area (Å²) in [6.45, 7) is 4.73. The molecule has 6 heteroatoms. The van der Waals surface area contributed by atoms with Crippen LogP contribution in [0.3, 0.4) is 0 Å². The molecule has 154 valence electrons. The van der Waals surface area contributed by atoms with Gasteiger partial charge in [-0.1, -0.05) is 25.1 Å². The first kappa shape index (κ1) is 20.3. The van der Waals surface area contributed by atoms with Crippen molar-refractivity contribution in [1.82, 2.24) is 4.98 Å². The number of ether oxygens (including phenoxy) is 1. The average Bonchev–Trinajstić information content (AvgIpc) is 3.12. The van der Waals surface area contributed by atoms with Crippen LogP contribution in [-0.2, 0) is 12.8 Å². The van der Waals surface area contributed by atoms with Gasteiger partial charge in [-0.05, 0) is 61.9 Å². The molecule has 1 N–H and O–H groups in total. The lowest BCUT2D eigenvalue weighted by Gasteiger charge is -2.19. The number of carbonyl (C=O) groups is 1. The van der Waals surface area contributed by atoms with Crippen LogP contribution in [0.1, 0.15) is 46.8 Å². The molecule has 0 aliphatic heterocycles. The molecule has 4 rings (SSSR count). The van der Waals surface area contributed by atoms with Gasteiger partial charge in [0.2, 0.25) is 0 Å². The minimum Gasteiger partial charge on any atom is -0.492 e. The van der Waals surface area contributed by atoms with Crippen LogP contribution in [0.4, 0.5) is 10.7 Å². The molecule has 1 atom stereocenters. The quantitative estimate of drug-likeness (QED) is 0.524. The van der Waals surface area contributed by atoms with Gasteiger partial charge in [0.05, 0.1) is 29.8 Å². The summed E-state index contributed by atoms with van der Waals surface area (Å²) >= 11 is 1.62. The minimum absolute atomic E-state index is 0.137. The van der Waals surface area contributed by atoms with Crippen LogP contribution in [0.15, 0.2) is 53.7 Å². The van der Waals surface area contributed by atoms with E-state index >= 15 is 0 Å². The van der Waals surface area contributed by atoms with Crippen molar-refractivity contribution in [3.63, 3.8) is 0 Å². The van der Waals surface area contributed by atoms with E-state index in [4.69, 9.17) is 4.74 Å². The van der Waals surface area contributed by atoms with Crippen molar-refractivity contribution in [2.75, 3.05) is 11.9 Å². The molecule has 0 saturated carbocycles. The summed E-state index contributed by atoms with van der Waals surface area (Å²) in [5.41, 5.74) is 3.26. The monoisotopic (exact) mass is 419 g/mol. The number of thiophene rings is 1. The number of nitrogens with zero attached hydrogens (tertiary/aromatic N) is 2. The van der Waals surface area contributed by atoms with Gasteiger partial charge in [0.1, 0.15) is 10.8 Å². The zero-order valence-electron chi connectivity index (χ0n) is 17.2. The molecule has 0 spiro atoms. The highest BCUT2D eigenvalue weighted by Gasteiger charge is 2.27. The Labute approximate surface area is 180 Å². The third-order valence-corrected chi connectivity index (χ3v) is 6.32. The maximum atomic E-state index is 13.4. The Kier molecular flexibility index (Phi) is 6.23. The third kappa shape index (κ3) is 4.44. The lowest BCUT2D eigenvalue weighted by molar-refractivity contribution is 0.102. The smallest absolute Gasteiger partial charge is 0.259 e. The van der Waals surface area contributed by atoms with Gasteiger partial charge in [0, 0.05) is 11.1 Å². The van der Waals surface area contributed by atoms with Crippen LogP contribution in [0, 0.1) is 5.92 Å². The average molecular weight is 420 g/mol. The van der Waals surface area contributed by atoms with Crippen LogP contribution in [0.2, 0.25) is 0 Å². The number of fused-ring (bicyclic) bond motifs is 1. The standard InChI is InChI=1S/C24H25N3O2S/c1-3-29-20-10-5-4-9-19(20)27-23(28)22-18-12-11-16(2)14-21(18)30-24(22)26-15-17-8-6-7-13-25-17/h4-10,13,15-16H,3,11-12,14H2,1-2H3,(H,27,28)/t16-/m0/s1. The highest BCUT2D eigenvalue weighted by molar-refractivity contribution is 7.16. The molecule has 1 aliphatic carbocycles.